The quantitative estimate of drug-likeness (QED) is 0.866. The van der Waals surface area contributed by atoms with Crippen molar-refractivity contribution in [2.75, 3.05) is 40.4 Å². The summed E-state index contributed by atoms with van der Waals surface area (Å²) in [5, 5.41) is 10.1. The molecule has 0 amide bonds. The lowest BCUT2D eigenvalue weighted by molar-refractivity contribution is -0.0865. The maximum Gasteiger partial charge on any atom is 0.200 e. The van der Waals surface area contributed by atoms with Gasteiger partial charge in [-0.05, 0) is 57.5 Å². The number of nitrogens with zero attached hydrogens (tertiary/aromatic N) is 2. The summed E-state index contributed by atoms with van der Waals surface area (Å²) in [7, 11) is 3.13. The maximum absolute atomic E-state index is 10.1. The van der Waals surface area contributed by atoms with Gasteiger partial charge in [-0.25, -0.2) is 0 Å². The first-order chi connectivity index (χ1) is 12.5. The van der Waals surface area contributed by atoms with Crippen LogP contribution in [0.15, 0.2) is 12.1 Å². The third-order valence-electron chi connectivity index (χ3n) is 5.47. The fourth-order valence-electron chi connectivity index (χ4n) is 4.26. The molecule has 0 saturated carbocycles. The van der Waals surface area contributed by atoms with Gasteiger partial charge in [-0.3, -0.25) is 9.80 Å². The van der Waals surface area contributed by atoms with E-state index in [9.17, 15) is 5.11 Å². The number of hydrogen-bond donors (Lipinski definition) is 1. The van der Waals surface area contributed by atoms with Gasteiger partial charge in [-0.15, -0.1) is 0 Å². The van der Waals surface area contributed by atoms with Gasteiger partial charge in [-0.1, -0.05) is 0 Å². The number of likely N-dealkylation sites (tertiary alicyclic amines) is 1. The number of hydrogen-bond acceptors (Lipinski definition) is 6. The number of rotatable bonds is 5. The van der Waals surface area contributed by atoms with Crippen LogP contribution in [-0.4, -0.2) is 73.6 Å². The van der Waals surface area contributed by atoms with Crippen LogP contribution in [0.3, 0.4) is 0 Å². The van der Waals surface area contributed by atoms with E-state index in [1.165, 1.54) is 12.8 Å². The average Bonchev–Trinajstić information content (AvgIpc) is 2.62. The summed E-state index contributed by atoms with van der Waals surface area (Å²) >= 11 is 0. The predicted molar refractivity (Wildman–Crippen MR) is 101 cm³/mol. The van der Waals surface area contributed by atoms with Gasteiger partial charge in [0.05, 0.1) is 26.4 Å². The Hall–Kier alpha value is -1.50. The molecule has 0 aromatic heterocycles. The average molecular weight is 364 g/mol. The first kappa shape index (κ1) is 19.3. The molecule has 0 bridgehead atoms. The molecule has 3 rings (SSSR count). The largest absolute Gasteiger partial charge is 0.502 e. The van der Waals surface area contributed by atoms with E-state index in [1.807, 2.05) is 12.1 Å². The van der Waals surface area contributed by atoms with Crippen molar-refractivity contribution in [3.05, 3.63) is 17.7 Å². The minimum atomic E-state index is 0.0630. The van der Waals surface area contributed by atoms with Gasteiger partial charge < -0.3 is 19.3 Å². The van der Waals surface area contributed by atoms with E-state index in [1.54, 1.807) is 14.2 Å². The molecule has 0 unspecified atom stereocenters. The molecule has 2 aliphatic rings. The zero-order chi connectivity index (χ0) is 18.7. The lowest BCUT2D eigenvalue weighted by Crippen LogP contribution is -2.53. The van der Waals surface area contributed by atoms with Gasteiger partial charge >= 0.3 is 0 Å². The van der Waals surface area contributed by atoms with E-state index in [0.717, 1.165) is 38.3 Å². The number of piperidine rings is 1. The predicted octanol–water partition coefficient (Wildman–Crippen LogP) is 2.48. The Morgan fingerprint density at radius 1 is 1.04 bits per heavy atom. The second-order valence-corrected chi connectivity index (χ2v) is 7.57. The van der Waals surface area contributed by atoms with Crippen LogP contribution in [0.25, 0.3) is 0 Å². The van der Waals surface area contributed by atoms with Gasteiger partial charge in [0.25, 0.3) is 0 Å². The highest BCUT2D eigenvalue weighted by Gasteiger charge is 2.30. The smallest absolute Gasteiger partial charge is 0.200 e. The van der Waals surface area contributed by atoms with Gasteiger partial charge in [0.2, 0.25) is 5.75 Å². The molecule has 2 aliphatic heterocycles. The highest BCUT2D eigenvalue weighted by molar-refractivity contribution is 5.52. The van der Waals surface area contributed by atoms with Crippen molar-refractivity contribution in [3.8, 4) is 17.2 Å². The normalized spacial score (nSPS) is 26.0. The van der Waals surface area contributed by atoms with Crippen LogP contribution in [-0.2, 0) is 11.3 Å². The van der Waals surface area contributed by atoms with Gasteiger partial charge in [0.15, 0.2) is 11.5 Å². The number of methoxy groups -OCH3 is 2. The van der Waals surface area contributed by atoms with Gasteiger partial charge in [-0.2, -0.15) is 0 Å². The van der Waals surface area contributed by atoms with Crippen molar-refractivity contribution < 1.29 is 19.3 Å². The topological polar surface area (TPSA) is 54.4 Å². The summed E-state index contributed by atoms with van der Waals surface area (Å²) in [4.78, 5) is 5.08. The number of phenolic OH excluding ortho intramolecular Hbond substituents is 1. The number of phenols is 1. The molecule has 2 fully saturated rings. The zero-order valence-corrected chi connectivity index (χ0v) is 16.4. The highest BCUT2D eigenvalue weighted by atomic mass is 16.5. The summed E-state index contributed by atoms with van der Waals surface area (Å²) < 4.78 is 16.4. The zero-order valence-electron chi connectivity index (χ0n) is 16.4. The van der Waals surface area contributed by atoms with E-state index in [0.29, 0.717) is 29.7 Å². The molecule has 1 aromatic rings. The number of morpholine rings is 1. The van der Waals surface area contributed by atoms with Crippen molar-refractivity contribution in [2.24, 2.45) is 0 Å². The number of aromatic hydroxyl groups is 1. The molecular formula is C20H32N2O4. The fourth-order valence-corrected chi connectivity index (χ4v) is 4.26. The van der Waals surface area contributed by atoms with E-state index in [2.05, 4.69) is 23.6 Å². The molecule has 2 saturated heterocycles. The molecule has 6 heteroatoms. The molecule has 1 aromatic carbocycles. The van der Waals surface area contributed by atoms with Crippen LogP contribution < -0.4 is 9.47 Å². The second kappa shape index (κ2) is 8.46. The Bertz CT molecular complexity index is 566. The first-order valence-electron chi connectivity index (χ1n) is 9.56. The Morgan fingerprint density at radius 2 is 1.58 bits per heavy atom. The fraction of sp³-hybridized carbons (Fsp3) is 0.700. The monoisotopic (exact) mass is 364 g/mol. The molecule has 0 aliphatic carbocycles. The molecule has 2 atom stereocenters. The molecule has 2 heterocycles. The van der Waals surface area contributed by atoms with Crippen LogP contribution in [0, 0.1) is 0 Å². The lowest BCUT2D eigenvalue weighted by atomic mass is 10.0. The molecule has 26 heavy (non-hydrogen) atoms. The minimum absolute atomic E-state index is 0.0630. The molecule has 1 N–H and O–H groups in total. The van der Waals surface area contributed by atoms with Crippen LogP contribution in [0.4, 0.5) is 0 Å². The molecule has 6 nitrogen and oxygen atoms in total. The second-order valence-electron chi connectivity index (χ2n) is 7.57. The summed E-state index contributed by atoms with van der Waals surface area (Å²) in [5.41, 5.74) is 1.10. The minimum Gasteiger partial charge on any atom is -0.502 e. The van der Waals surface area contributed by atoms with E-state index < -0.39 is 0 Å². The van der Waals surface area contributed by atoms with Crippen LogP contribution in [0.1, 0.15) is 32.3 Å². The maximum atomic E-state index is 10.1. The third kappa shape index (κ3) is 4.42. The molecule has 0 spiro atoms. The van der Waals surface area contributed by atoms with E-state index >= 15 is 0 Å². The number of benzene rings is 1. The Morgan fingerprint density at radius 3 is 2.08 bits per heavy atom. The third-order valence-corrected chi connectivity index (χ3v) is 5.47. The van der Waals surface area contributed by atoms with E-state index in [-0.39, 0.29) is 5.75 Å². The standard InChI is InChI=1S/C20H32N2O4/c1-14-11-22(12-15(2)26-14)17-5-7-21(8-6-17)13-16-9-18(24-3)20(23)19(10-16)25-4/h9-10,14-15,17,23H,5-8,11-13H2,1-4H3/t14-,15+. The highest BCUT2D eigenvalue weighted by Crippen LogP contribution is 2.37. The van der Waals surface area contributed by atoms with Crippen molar-refractivity contribution in [1.29, 1.82) is 0 Å². The summed E-state index contributed by atoms with van der Waals surface area (Å²) in [6.07, 6.45) is 3.03. The van der Waals surface area contributed by atoms with Crippen molar-refractivity contribution in [2.45, 2.75) is 51.5 Å². The van der Waals surface area contributed by atoms with E-state index in [4.69, 9.17) is 14.2 Å². The Balaban J connectivity index is 1.57. The van der Waals surface area contributed by atoms with Gasteiger partial charge in [0, 0.05) is 25.7 Å². The van der Waals surface area contributed by atoms with Crippen LogP contribution in [0.2, 0.25) is 0 Å². The lowest BCUT2D eigenvalue weighted by Gasteiger charge is -2.43. The molecule has 146 valence electrons. The van der Waals surface area contributed by atoms with Crippen molar-refractivity contribution in [1.82, 2.24) is 9.80 Å². The summed E-state index contributed by atoms with van der Waals surface area (Å²) in [6.45, 7) is 9.43. The van der Waals surface area contributed by atoms with Crippen LogP contribution in [0.5, 0.6) is 17.2 Å². The van der Waals surface area contributed by atoms with Crippen molar-refractivity contribution in [3.63, 3.8) is 0 Å². The molecule has 0 radical (unpaired) electrons. The van der Waals surface area contributed by atoms with Gasteiger partial charge in [0.1, 0.15) is 0 Å². The van der Waals surface area contributed by atoms with Crippen LogP contribution >= 0.6 is 0 Å². The van der Waals surface area contributed by atoms with Crippen molar-refractivity contribution >= 4 is 0 Å². The Kier molecular flexibility index (Phi) is 6.27. The first-order valence-corrected chi connectivity index (χ1v) is 9.56. The Labute approximate surface area is 156 Å². The summed E-state index contributed by atoms with van der Waals surface area (Å²) in [5.74, 6) is 0.990. The summed E-state index contributed by atoms with van der Waals surface area (Å²) in [6, 6.07) is 4.45. The SMILES string of the molecule is COc1cc(CN2CCC(N3C[C@@H](C)O[C@@H](C)C3)CC2)cc(OC)c1O. The number of ether oxygens (including phenoxy) is 3. The molecular weight excluding hydrogens is 332 g/mol.